The highest BCUT2D eigenvalue weighted by Crippen LogP contribution is 2.29. The van der Waals surface area contributed by atoms with Crippen LogP contribution in [-0.2, 0) is 13.5 Å². The van der Waals surface area contributed by atoms with E-state index in [4.69, 9.17) is 17.4 Å². The van der Waals surface area contributed by atoms with Crippen LogP contribution in [0.5, 0.6) is 0 Å². The largest absolute Gasteiger partial charge is 0.271 e. The fourth-order valence-electron chi connectivity index (χ4n) is 2.01. The molecule has 0 saturated heterocycles. The Balaban J connectivity index is 2.33. The van der Waals surface area contributed by atoms with Crippen LogP contribution in [0.3, 0.4) is 0 Å². The molecule has 0 radical (unpaired) electrons. The van der Waals surface area contributed by atoms with Crippen molar-refractivity contribution in [2.45, 2.75) is 19.4 Å². The van der Waals surface area contributed by atoms with Crippen molar-refractivity contribution < 1.29 is 0 Å². The van der Waals surface area contributed by atoms with E-state index in [1.165, 1.54) is 0 Å². The molecule has 0 saturated carbocycles. The summed E-state index contributed by atoms with van der Waals surface area (Å²) < 4.78 is 3.55. The number of rotatable bonds is 4. The first-order valence-corrected chi connectivity index (χ1v) is 7.85. The van der Waals surface area contributed by atoms with Gasteiger partial charge in [-0.3, -0.25) is 20.9 Å². The molecule has 8 heteroatoms. The Bertz CT molecular complexity index is 629. The zero-order valence-electron chi connectivity index (χ0n) is 11.0. The maximum atomic E-state index is 6.28. The lowest BCUT2D eigenvalue weighted by atomic mass is 10.1. The third-order valence-corrected chi connectivity index (χ3v) is 4.59. The van der Waals surface area contributed by atoms with E-state index in [9.17, 15) is 0 Å². The Morgan fingerprint density at radius 3 is 2.70 bits per heavy atom. The highest BCUT2D eigenvalue weighted by atomic mass is 79.9. The Labute approximate surface area is 139 Å². The molecule has 5 nitrogen and oxygen atoms in total. The second-order valence-electron chi connectivity index (χ2n) is 4.41. The number of nitrogens with two attached hydrogens (primary N) is 1. The molecule has 2 aromatic rings. The molecule has 0 aromatic carbocycles. The van der Waals surface area contributed by atoms with E-state index < -0.39 is 0 Å². The van der Waals surface area contributed by atoms with Crippen molar-refractivity contribution >= 4 is 43.5 Å². The van der Waals surface area contributed by atoms with Gasteiger partial charge in [-0.05, 0) is 44.8 Å². The normalized spacial score (nSPS) is 12.7. The smallest absolute Gasteiger partial charge is 0.0847 e. The van der Waals surface area contributed by atoms with Gasteiger partial charge >= 0.3 is 0 Å². The van der Waals surface area contributed by atoms with Gasteiger partial charge in [-0.2, -0.15) is 5.10 Å². The van der Waals surface area contributed by atoms with E-state index in [1.807, 2.05) is 20.0 Å². The molecule has 1 atom stereocenters. The highest BCUT2D eigenvalue weighted by Gasteiger charge is 2.20. The summed E-state index contributed by atoms with van der Waals surface area (Å²) in [6.45, 7) is 1.88. The van der Waals surface area contributed by atoms with Gasteiger partial charge in [-0.25, -0.2) is 0 Å². The van der Waals surface area contributed by atoms with Crippen LogP contribution in [-0.4, -0.2) is 14.8 Å². The summed E-state index contributed by atoms with van der Waals surface area (Å²) in [5.41, 5.74) is 5.34. The molecule has 0 aliphatic carbocycles. The predicted octanol–water partition coefficient (Wildman–Crippen LogP) is 3.05. The Morgan fingerprint density at radius 2 is 2.20 bits per heavy atom. The van der Waals surface area contributed by atoms with Gasteiger partial charge < -0.3 is 0 Å². The number of hydrogen-bond donors (Lipinski definition) is 2. The van der Waals surface area contributed by atoms with Gasteiger partial charge in [0.25, 0.3) is 0 Å². The molecular formula is C12H14Br2ClN5. The lowest BCUT2D eigenvalue weighted by Gasteiger charge is -2.17. The van der Waals surface area contributed by atoms with E-state index in [1.54, 1.807) is 10.9 Å². The first kappa shape index (κ1) is 15.9. The molecule has 0 spiro atoms. The van der Waals surface area contributed by atoms with Gasteiger partial charge in [-0.1, -0.05) is 11.6 Å². The van der Waals surface area contributed by atoms with E-state index >= 15 is 0 Å². The first-order valence-electron chi connectivity index (χ1n) is 5.89. The van der Waals surface area contributed by atoms with Crippen LogP contribution in [0.1, 0.15) is 23.1 Å². The van der Waals surface area contributed by atoms with Crippen LogP contribution in [0.4, 0.5) is 0 Å². The number of hydrazine groups is 1. The summed E-state index contributed by atoms with van der Waals surface area (Å²) >= 11 is 13.2. The van der Waals surface area contributed by atoms with Crippen LogP contribution in [0.2, 0.25) is 5.02 Å². The molecule has 2 aromatic heterocycles. The van der Waals surface area contributed by atoms with E-state index in [2.05, 4.69) is 47.4 Å². The Morgan fingerprint density at radius 1 is 1.50 bits per heavy atom. The van der Waals surface area contributed by atoms with Gasteiger partial charge in [0.2, 0.25) is 0 Å². The fourth-order valence-corrected chi connectivity index (χ4v) is 3.51. The zero-order chi connectivity index (χ0) is 14.9. The average molecular weight is 424 g/mol. The number of nitrogens with zero attached hydrogens (tertiary/aromatic N) is 3. The minimum Gasteiger partial charge on any atom is -0.271 e. The maximum Gasteiger partial charge on any atom is 0.0847 e. The van der Waals surface area contributed by atoms with Crippen molar-refractivity contribution in [1.82, 2.24) is 20.2 Å². The van der Waals surface area contributed by atoms with Gasteiger partial charge in [0.05, 0.1) is 28.1 Å². The topological polar surface area (TPSA) is 68.8 Å². The molecular weight excluding hydrogens is 409 g/mol. The van der Waals surface area contributed by atoms with Crippen LogP contribution in [0.25, 0.3) is 0 Å². The number of halogens is 3. The van der Waals surface area contributed by atoms with Crippen LogP contribution in [0, 0.1) is 6.92 Å². The minimum absolute atomic E-state index is 0.162. The molecule has 0 fully saturated rings. The number of aryl methyl sites for hydroxylation is 2. The summed E-state index contributed by atoms with van der Waals surface area (Å²) in [6, 6.07) is 1.77. The van der Waals surface area contributed by atoms with E-state index in [0.717, 1.165) is 26.0 Å². The predicted molar refractivity (Wildman–Crippen MR) is 86.4 cm³/mol. The number of hydrogen-bond acceptors (Lipinski definition) is 4. The van der Waals surface area contributed by atoms with Crippen molar-refractivity contribution in [3.05, 3.63) is 43.3 Å². The fraction of sp³-hybridized carbons (Fsp3) is 0.333. The lowest BCUT2D eigenvalue weighted by Crippen LogP contribution is -2.31. The second-order valence-corrected chi connectivity index (χ2v) is 6.56. The van der Waals surface area contributed by atoms with Crippen molar-refractivity contribution in [1.29, 1.82) is 0 Å². The number of aromatic nitrogens is 3. The summed E-state index contributed by atoms with van der Waals surface area (Å²) in [5, 5.41) is 4.97. The average Bonchev–Trinajstić information content (AvgIpc) is 2.62. The van der Waals surface area contributed by atoms with Crippen molar-refractivity contribution in [2.24, 2.45) is 12.9 Å². The molecule has 0 aliphatic rings. The number of nitrogens with one attached hydrogen (secondary N) is 1. The molecule has 1 unspecified atom stereocenters. The first-order chi connectivity index (χ1) is 9.43. The summed E-state index contributed by atoms with van der Waals surface area (Å²) in [6.07, 6.45) is 2.33. The second kappa shape index (κ2) is 6.53. The summed E-state index contributed by atoms with van der Waals surface area (Å²) in [5.74, 6) is 5.67. The highest BCUT2D eigenvalue weighted by molar-refractivity contribution is 9.11. The van der Waals surface area contributed by atoms with Crippen molar-refractivity contribution in [3.63, 3.8) is 0 Å². The Kier molecular flexibility index (Phi) is 5.19. The monoisotopic (exact) mass is 421 g/mol. The standard InChI is InChI=1S/C12H14Br2ClN5/c1-6-11(15)10(20(2)19-6)4-9(18-16)12-8(14)3-7(13)5-17-12/h3,5,9,18H,4,16H2,1-2H3. The SMILES string of the molecule is Cc1nn(C)c(CC(NN)c2ncc(Br)cc2Br)c1Cl. The molecule has 108 valence electrons. The third kappa shape index (κ3) is 3.23. The molecule has 0 amide bonds. The van der Waals surface area contributed by atoms with Gasteiger partial charge in [0.15, 0.2) is 0 Å². The Hall–Kier alpha value is -0.470. The molecule has 0 bridgehead atoms. The van der Waals surface area contributed by atoms with Crippen LogP contribution >= 0.6 is 43.5 Å². The molecule has 2 rings (SSSR count). The van der Waals surface area contributed by atoms with Crippen molar-refractivity contribution in [2.75, 3.05) is 0 Å². The molecule has 20 heavy (non-hydrogen) atoms. The maximum absolute atomic E-state index is 6.28. The number of pyridine rings is 1. The molecule has 0 aliphatic heterocycles. The quantitative estimate of drug-likeness (QED) is 0.586. The van der Waals surface area contributed by atoms with E-state index in [0.29, 0.717) is 11.4 Å². The van der Waals surface area contributed by atoms with Gasteiger partial charge in [-0.15, -0.1) is 0 Å². The van der Waals surface area contributed by atoms with Crippen LogP contribution in [0.15, 0.2) is 21.2 Å². The molecule has 2 heterocycles. The van der Waals surface area contributed by atoms with Gasteiger partial charge in [0, 0.05) is 28.6 Å². The summed E-state index contributed by atoms with van der Waals surface area (Å²) in [4.78, 5) is 4.40. The third-order valence-electron chi connectivity index (χ3n) is 3.03. The lowest BCUT2D eigenvalue weighted by molar-refractivity contribution is 0.516. The zero-order valence-corrected chi connectivity index (χ0v) is 14.9. The summed E-state index contributed by atoms with van der Waals surface area (Å²) in [7, 11) is 1.87. The minimum atomic E-state index is -0.162. The molecule has 3 N–H and O–H groups in total. The van der Waals surface area contributed by atoms with Crippen LogP contribution < -0.4 is 11.3 Å². The van der Waals surface area contributed by atoms with E-state index in [-0.39, 0.29) is 6.04 Å². The van der Waals surface area contributed by atoms with Gasteiger partial charge in [0.1, 0.15) is 0 Å². The van der Waals surface area contributed by atoms with Crippen molar-refractivity contribution in [3.8, 4) is 0 Å².